The van der Waals surface area contributed by atoms with Gasteiger partial charge in [-0.15, -0.1) is 5.10 Å². The number of halogens is 2. The van der Waals surface area contributed by atoms with Crippen LogP contribution in [0.4, 0.5) is 16.3 Å². The monoisotopic (exact) mass is 515 g/mol. The normalized spacial score (nSPS) is 15.0. The average Bonchev–Trinajstić information content (AvgIpc) is 2.98. The summed E-state index contributed by atoms with van der Waals surface area (Å²) in [6.45, 7) is 9.72. The quantitative estimate of drug-likeness (QED) is 0.310. The molecule has 0 aromatic carbocycles. The molecular weight excluding hydrogens is 489 g/mol. The van der Waals surface area contributed by atoms with Crippen LogP contribution in [-0.2, 0) is 4.74 Å². The maximum Gasteiger partial charge on any atom is 0.410 e. The predicted molar refractivity (Wildman–Crippen MR) is 126 cm³/mol. The van der Waals surface area contributed by atoms with Gasteiger partial charge >= 0.3 is 17.7 Å². The molecule has 3 heterocycles. The van der Waals surface area contributed by atoms with Crippen LogP contribution in [0.5, 0.6) is 5.88 Å². The Bertz CT molecular complexity index is 1070. The van der Waals surface area contributed by atoms with Gasteiger partial charge in [-0.25, -0.2) is 9.78 Å². The van der Waals surface area contributed by atoms with Crippen molar-refractivity contribution in [3.05, 3.63) is 32.3 Å². The van der Waals surface area contributed by atoms with Gasteiger partial charge in [-0.05, 0) is 46.2 Å². The Labute approximate surface area is 206 Å². The maximum absolute atomic E-state index is 12.2. The van der Waals surface area contributed by atoms with E-state index in [1.807, 2.05) is 6.92 Å². The molecule has 0 saturated carbocycles. The molecule has 1 N–H and O–H groups in total. The number of rotatable bonds is 8. The predicted octanol–water partition coefficient (Wildman–Crippen LogP) is 4.26. The molecule has 2 aromatic heterocycles. The molecule has 1 atom stereocenters. The lowest BCUT2D eigenvalue weighted by molar-refractivity contribution is -0.386. The van der Waals surface area contributed by atoms with Crippen LogP contribution in [0.25, 0.3) is 0 Å². The zero-order chi connectivity index (χ0) is 25.2. The lowest BCUT2D eigenvalue weighted by atomic mass is 10.1. The van der Waals surface area contributed by atoms with Crippen LogP contribution in [0.2, 0.25) is 10.3 Å². The summed E-state index contributed by atoms with van der Waals surface area (Å²) in [6, 6.07) is -0.325. The van der Waals surface area contributed by atoms with Crippen molar-refractivity contribution in [1.29, 1.82) is 0 Å². The molecule has 2 aromatic rings. The van der Waals surface area contributed by atoms with E-state index in [0.717, 1.165) is 0 Å². The molecule has 3 rings (SSSR count). The fraction of sp³-hybridized carbons (Fsp3) is 0.600. The molecule has 0 radical (unpaired) electrons. The van der Waals surface area contributed by atoms with Crippen LogP contribution in [0, 0.1) is 17.0 Å². The molecule has 1 saturated heterocycles. The number of likely N-dealkylation sites (tertiary alicyclic amines) is 1. The summed E-state index contributed by atoms with van der Waals surface area (Å²) < 4.78 is 12.6. The van der Waals surface area contributed by atoms with Crippen LogP contribution in [0.1, 0.15) is 45.9 Å². The second-order valence-electron chi connectivity index (χ2n) is 9.00. The van der Waals surface area contributed by atoms with Crippen LogP contribution in [0.15, 0.2) is 6.20 Å². The Morgan fingerprint density at radius 1 is 1.38 bits per heavy atom. The first-order chi connectivity index (χ1) is 15.9. The molecule has 0 spiro atoms. The standard InChI is InChI=1S/C20H27Cl2N7O5/c1-11(24-16-14(21)8-23-18(22)25-16)6-7-33-17-15(29(31)32)12(2)28(26-17)13-9-27(10-13)19(30)34-20(3,4)5/h8,11,13H,6-7,9-10H2,1-5H3,(H,23,24,25)/t11-/m1/s1. The van der Waals surface area contributed by atoms with Crippen molar-refractivity contribution in [1.82, 2.24) is 24.6 Å². The lowest BCUT2D eigenvalue weighted by Gasteiger charge is -2.39. The highest BCUT2D eigenvalue weighted by atomic mass is 35.5. The van der Waals surface area contributed by atoms with Crippen LogP contribution in [-0.4, -0.2) is 67.0 Å². The highest BCUT2D eigenvalue weighted by Crippen LogP contribution is 2.34. The molecule has 0 unspecified atom stereocenters. The topological polar surface area (TPSA) is 138 Å². The Morgan fingerprint density at radius 2 is 2.06 bits per heavy atom. The minimum atomic E-state index is -0.597. The van der Waals surface area contributed by atoms with E-state index >= 15 is 0 Å². The number of carbonyl (C=O) groups is 1. The maximum atomic E-state index is 12.2. The van der Waals surface area contributed by atoms with Crippen LogP contribution in [0.3, 0.4) is 0 Å². The van der Waals surface area contributed by atoms with Crippen molar-refractivity contribution in [2.45, 2.75) is 58.7 Å². The number of hydrogen-bond donors (Lipinski definition) is 1. The number of nitrogens with one attached hydrogen (secondary N) is 1. The molecule has 12 nitrogen and oxygen atoms in total. The summed E-state index contributed by atoms with van der Waals surface area (Å²) >= 11 is 11.9. The smallest absolute Gasteiger partial charge is 0.410 e. The third kappa shape index (κ3) is 6.17. The lowest BCUT2D eigenvalue weighted by Crippen LogP contribution is -2.52. The van der Waals surface area contributed by atoms with Crippen LogP contribution >= 0.6 is 23.2 Å². The Kier molecular flexibility index (Phi) is 7.71. The van der Waals surface area contributed by atoms with E-state index in [2.05, 4.69) is 20.4 Å². The zero-order valence-corrected chi connectivity index (χ0v) is 21.1. The number of hydrogen-bond acceptors (Lipinski definition) is 9. The van der Waals surface area contributed by atoms with Crippen molar-refractivity contribution >= 4 is 40.8 Å². The van der Waals surface area contributed by atoms with Crippen molar-refractivity contribution in [2.75, 3.05) is 25.0 Å². The van der Waals surface area contributed by atoms with Gasteiger partial charge in [0.15, 0.2) is 0 Å². The van der Waals surface area contributed by atoms with E-state index in [1.54, 1.807) is 32.4 Å². The molecule has 14 heteroatoms. The minimum Gasteiger partial charge on any atom is -0.472 e. The number of nitrogens with zero attached hydrogens (tertiary/aromatic N) is 6. The third-order valence-corrected chi connectivity index (χ3v) is 5.48. The summed E-state index contributed by atoms with van der Waals surface area (Å²) in [5.41, 5.74) is -0.426. The van der Waals surface area contributed by atoms with Gasteiger partial charge in [0.1, 0.15) is 22.1 Å². The Morgan fingerprint density at radius 3 is 2.68 bits per heavy atom. The van der Waals surface area contributed by atoms with Gasteiger partial charge < -0.3 is 19.7 Å². The van der Waals surface area contributed by atoms with Gasteiger partial charge in [0.25, 0.3) is 0 Å². The van der Waals surface area contributed by atoms with Gasteiger partial charge in [-0.3, -0.25) is 14.8 Å². The van der Waals surface area contributed by atoms with Crippen molar-refractivity contribution in [3.8, 4) is 5.88 Å². The van der Waals surface area contributed by atoms with E-state index in [4.69, 9.17) is 32.7 Å². The van der Waals surface area contributed by atoms with Crippen LogP contribution < -0.4 is 10.1 Å². The minimum absolute atomic E-state index is 0.0615. The highest BCUT2D eigenvalue weighted by Gasteiger charge is 2.39. The summed E-state index contributed by atoms with van der Waals surface area (Å²) in [6.07, 6.45) is 1.45. The van der Waals surface area contributed by atoms with Gasteiger partial charge in [0, 0.05) is 25.6 Å². The molecule has 34 heavy (non-hydrogen) atoms. The molecule has 1 amide bonds. The Hall–Kier alpha value is -2.86. The van der Waals surface area contributed by atoms with Gasteiger partial charge in [-0.1, -0.05) is 11.6 Å². The molecular formula is C20H27Cl2N7O5. The molecule has 1 aliphatic rings. The van der Waals surface area contributed by atoms with E-state index in [0.29, 0.717) is 36.0 Å². The fourth-order valence-corrected chi connectivity index (χ4v) is 3.60. The summed E-state index contributed by atoms with van der Waals surface area (Å²) in [5.74, 6) is 0.327. The second-order valence-corrected chi connectivity index (χ2v) is 9.74. The number of carbonyl (C=O) groups excluding carboxylic acids is 1. The first kappa shape index (κ1) is 25.8. The largest absolute Gasteiger partial charge is 0.472 e. The summed E-state index contributed by atoms with van der Waals surface area (Å²) in [7, 11) is 0. The Balaban J connectivity index is 1.60. The van der Waals surface area contributed by atoms with Crippen molar-refractivity contribution < 1.29 is 19.2 Å². The van der Waals surface area contributed by atoms with E-state index in [-0.39, 0.29) is 35.5 Å². The zero-order valence-electron chi connectivity index (χ0n) is 19.5. The second kappa shape index (κ2) is 10.2. The molecule has 0 aliphatic carbocycles. The summed E-state index contributed by atoms with van der Waals surface area (Å²) in [5, 5.41) is 19.5. The highest BCUT2D eigenvalue weighted by molar-refractivity contribution is 6.33. The molecule has 0 bridgehead atoms. The van der Waals surface area contributed by atoms with Gasteiger partial charge in [0.2, 0.25) is 5.28 Å². The van der Waals surface area contributed by atoms with E-state index < -0.39 is 16.6 Å². The van der Waals surface area contributed by atoms with Crippen molar-refractivity contribution in [2.24, 2.45) is 0 Å². The first-order valence-corrected chi connectivity index (χ1v) is 11.4. The van der Waals surface area contributed by atoms with Crippen molar-refractivity contribution in [3.63, 3.8) is 0 Å². The molecule has 1 fully saturated rings. The molecule has 186 valence electrons. The number of anilines is 1. The third-order valence-electron chi connectivity index (χ3n) is 5.02. The van der Waals surface area contributed by atoms with Gasteiger partial charge in [-0.2, -0.15) is 4.98 Å². The number of aromatic nitrogens is 4. The first-order valence-electron chi connectivity index (χ1n) is 10.6. The average molecular weight is 516 g/mol. The number of nitro groups is 1. The number of ether oxygens (including phenoxy) is 2. The fourth-order valence-electron chi connectivity index (χ4n) is 3.32. The van der Waals surface area contributed by atoms with E-state index in [1.165, 1.54) is 11.1 Å². The molecule has 1 aliphatic heterocycles. The SMILES string of the molecule is Cc1c([N+](=O)[O-])c(OCC[C@@H](C)Nc2nc(Cl)ncc2Cl)nn1C1CN(C(=O)OC(C)(C)C)C1. The number of amides is 1. The summed E-state index contributed by atoms with van der Waals surface area (Å²) in [4.78, 5) is 32.7. The van der Waals surface area contributed by atoms with Gasteiger partial charge in [0.05, 0.1) is 23.8 Å². The van der Waals surface area contributed by atoms with E-state index in [9.17, 15) is 14.9 Å².